The second-order valence-corrected chi connectivity index (χ2v) is 3.70. The number of hydrogen-bond donors (Lipinski definition) is 1. The number of hydrogen-bond acceptors (Lipinski definition) is 2. The molecule has 0 heterocycles. The Labute approximate surface area is 102 Å². The van der Waals surface area contributed by atoms with Gasteiger partial charge in [0, 0.05) is 12.1 Å². The lowest BCUT2D eigenvalue weighted by atomic mass is 9.94. The first kappa shape index (κ1) is 13.2. The maximum atomic E-state index is 12.1. The van der Waals surface area contributed by atoms with Gasteiger partial charge in [-0.1, -0.05) is 36.4 Å². The summed E-state index contributed by atoms with van der Waals surface area (Å²) in [6, 6.07) is 8.85. The highest BCUT2D eigenvalue weighted by atomic mass is 16.2. The van der Waals surface area contributed by atoms with Crippen molar-refractivity contribution >= 4 is 11.7 Å². The first-order valence-electron chi connectivity index (χ1n) is 5.68. The Morgan fingerprint density at radius 1 is 1.35 bits per heavy atom. The van der Waals surface area contributed by atoms with Gasteiger partial charge in [-0.3, -0.25) is 9.59 Å². The molecule has 1 aromatic rings. The Hall–Kier alpha value is -1.90. The monoisotopic (exact) mass is 231 g/mol. The third kappa shape index (κ3) is 3.55. The van der Waals surface area contributed by atoms with E-state index in [4.69, 9.17) is 0 Å². The van der Waals surface area contributed by atoms with Crippen LogP contribution in [0.5, 0.6) is 0 Å². The van der Waals surface area contributed by atoms with Crippen molar-refractivity contribution in [3.05, 3.63) is 48.6 Å². The van der Waals surface area contributed by atoms with Crippen molar-refractivity contribution in [2.24, 2.45) is 5.92 Å². The molecular formula is C14H17NO2. The standard InChI is InChI=1S/C14H17NO2/c1-3-8-12(14(17)15-4-2)13(16)11-9-6-5-7-10-11/h3,5-7,9-10,12H,1,4,8H2,2H3,(H,15,17). The molecule has 17 heavy (non-hydrogen) atoms. The van der Waals surface area contributed by atoms with Crippen LogP contribution in [0.2, 0.25) is 0 Å². The SMILES string of the molecule is C=CCC(C(=O)NCC)C(=O)c1ccccc1. The molecule has 1 atom stereocenters. The fourth-order valence-corrected chi connectivity index (χ4v) is 1.60. The summed E-state index contributed by atoms with van der Waals surface area (Å²) in [6.45, 7) is 5.94. The molecule has 0 fully saturated rings. The minimum absolute atomic E-state index is 0.156. The molecule has 3 nitrogen and oxygen atoms in total. The van der Waals surface area contributed by atoms with E-state index in [-0.39, 0.29) is 11.7 Å². The Kier molecular flexibility index (Phi) is 5.14. The van der Waals surface area contributed by atoms with Crippen LogP contribution in [0.1, 0.15) is 23.7 Å². The van der Waals surface area contributed by atoms with Crippen LogP contribution in [0.4, 0.5) is 0 Å². The second-order valence-electron chi connectivity index (χ2n) is 3.70. The topological polar surface area (TPSA) is 46.2 Å². The molecule has 1 rings (SSSR count). The van der Waals surface area contributed by atoms with E-state index in [0.29, 0.717) is 18.5 Å². The fourth-order valence-electron chi connectivity index (χ4n) is 1.60. The van der Waals surface area contributed by atoms with Crippen LogP contribution in [-0.4, -0.2) is 18.2 Å². The smallest absolute Gasteiger partial charge is 0.231 e. The second kappa shape index (κ2) is 6.63. The lowest BCUT2D eigenvalue weighted by Crippen LogP contribution is -2.35. The molecule has 0 spiro atoms. The van der Waals surface area contributed by atoms with E-state index >= 15 is 0 Å². The van der Waals surface area contributed by atoms with Gasteiger partial charge in [-0.15, -0.1) is 6.58 Å². The van der Waals surface area contributed by atoms with Gasteiger partial charge in [0.25, 0.3) is 0 Å². The van der Waals surface area contributed by atoms with Crippen LogP contribution in [0.15, 0.2) is 43.0 Å². The van der Waals surface area contributed by atoms with Crippen LogP contribution < -0.4 is 5.32 Å². The van der Waals surface area contributed by atoms with Crippen molar-refractivity contribution in [2.75, 3.05) is 6.54 Å². The number of Topliss-reactive ketones (excluding diaryl/α,β-unsaturated/α-hetero) is 1. The van der Waals surface area contributed by atoms with E-state index in [0.717, 1.165) is 0 Å². The summed E-state index contributed by atoms with van der Waals surface area (Å²) >= 11 is 0. The molecule has 0 saturated heterocycles. The van der Waals surface area contributed by atoms with Crippen molar-refractivity contribution in [2.45, 2.75) is 13.3 Å². The van der Waals surface area contributed by atoms with Crippen molar-refractivity contribution in [1.82, 2.24) is 5.32 Å². The Morgan fingerprint density at radius 3 is 2.53 bits per heavy atom. The van der Waals surface area contributed by atoms with E-state index in [1.807, 2.05) is 13.0 Å². The number of nitrogens with one attached hydrogen (secondary N) is 1. The zero-order valence-corrected chi connectivity index (χ0v) is 9.98. The quantitative estimate of drug-likeness (QED) is 0.463. The molecule has 0 aliphatic carbocycles. The summed E-state index contributed by atoms with van der Waals surface area (Å²) in [6.07, 6.45) is 1.96. The normalized spacial score (nSPS) is 11.6. The Bertz CT molecular complexity index is 398. The van der Waals surface area contributed by atoms with Crippen LogP contribution in [-0.2, 0) is 4.79 Å². The average molecular weight is 231 g/mol. The molecule has 90 valence electrons. The predicted octanol–water partition coefficient (Wildman–Crippen LogP) is 2.20. The van der Waals surface area contributed by atoms with E-state index in [1.54, 1.807) is 30.3 Å². The largest absolute Gasteiger partial charge is 0.356 e. The maximum Gasteiger partial charge on any atom is 0.231 e. The van der Waals surface area contributed by atoms with E-state index in [2.05, 4.69) is 11.9 Å². The van der Waals surface area contributed by atoms with Crippen LogP contribution in [0.25, 0.3) is 0 Å². The number of carbonyl (C=O) groups excluding carboxylic acids is 2. The highest BCUT2D eigenvalue weighted by Crippen LogP contribution is 2.13. The summed E-state index contributed by atoms with van der Waals surface area (Å²) < 4.78 is 0. The number of rotatable bonds is 6. The first-order chi connectivity index (χ1) is 8.20. The zero-order valence-electron chi connectivity index (χ0n) is 9.98. The van der Waals surface area contributed by atoms with Crippen LogP contribution >= 0.6 is 0 Å². The third-order valence-electron chi connectivity index (χ3n) is 2.44. The van der Waals surface area contributed by atoms with Crippen LogP contribution in [0.3, 0.4) is 0 Å². The van der Waals surface area contributed by atoms with E-state index in [1.165, 1.54) is 0 Å². The van der Waals surface area contributed by atoms with Gasteiger partial charge in [-0.25, -0.2) is 0 Å². The third-order valence-corrected chi connectivity index (χ3v) is 2.44. The fraction of sp³-hybridized carbons (Fsp3) is 0.286. The molecule has 1 unspecified atom stereocenters. The van der Waals surface area contributed by atoms with Gasteiger partial charge in [-0.2, -0.15) is 0 Å². The van der Waals surface area contributed by atoms with Gasteiger partial charge in [-0.05, 0) is 13.3 Å². The molecule has 0 radical (unpaired) electrons. The van der Waals surface area contributed by atoms with E-state index in [9.17, 15) is 9.59 Å². The van der Waals surface area contributed by atoms with Crippen molar-refractivity contribution in [3.63, 3.8) is 0 Å². The molecule has 3 heteroatoms. The van der Waals surface area contributed by atoms with Gasteiger partial charge < -0.3 is 5.32 Å². The number of allylic oxidation sites excluding steroid dienone is 1. The summed E-state index contributed by atoms with van der Waals surface area (Å²) in [5, 5.41) is 2.67. The van der Waals surface area contributed by atoms with Gasteiger partial charge in [0.15, 0.2) is 5.78 Å². The molecular weight excluding hydrogens is 214 g/mol. The van der Waals surface area contributed by atoms with Crippen molar-refractivity contribution in [1.29, 1.82) is 0 Å². The van der Waals surface area contributed by atoms with Gasteiger partial charge in [0.2, 0.25) is 5.91 Å². The summed E-state index contributed by atoms with van der Waals surface area (Å²) in [5.41, 5.74) is 0.561. The van der Waals surface area contributed by atoms with Gasteiger partial charge in [0.05, 0.1) is 0 Å². The first-order valence-corrected chi connectivity index (χ1v) is 5.68. The zero-order chi connectivity index (χ0) is 12.7. The Morgan fingerprint density at radius 2 is 2.00 bits per heavy atom. The minimum atomic E-state index is -0.671. The molecule has 0 aliphatic rings. The molecule has 1 aromatic carbocycles. The molecule has 0 aliphatic heterocycles. The highest BCUT2D eigenvalue weighted by Gasteiger charge is 2.25. The molecule has 1 amide bonds. The maximum absolute atomic E-state index is 12.1. The summed E-state index contributed by atoms with van der Waals surface area (Å²) in [5.74, 6) is -1.06. The minimum Gasteiger partial charge on any atom is -0.356 e. The number of benzene rings is 1. The molecule has 0 bridgehead atoms. The Balaban J connectivity index is 2.87. The van der Waals surface area contributed by atoms with E-state index < -0.39 is 5.92 Å². The predicted molar refractivity (Wildman–Crippen MR) is 67.8 cm³/mol. The number of carbonyl (C=O) groups is 2. The summed E-state index contributed by atoms with van der Waals surface area (Å²) in [7, 11) is 0. The lowest BCUT2D eigenvalue weighted by molar-refractivity contribution is -0.123. The number of amides is 1. The van der Waals surface area contributed by atoms with Gasteiger partial charge in [0.1, 0.15) is 5.92 Å². The number of ketones is 1. The van der Waals surface area contributed by atoms with Gasteiger partial charge >= 0.3 is 0 Å². The molecule has 0 aromatic heterocycles. The van der Waals surface area contributed by atoms with Crippen LogP contribution in [0, 0.1) is 5.92 Å². The summed E-state index contributed by atoms with van der Waals surface area (Å²) in [4.78, 5) is 23.9. The van der Waals surface area contributed by atoms with Crippen molar-refractivity contribution in [3.8, 4) is 0 Å². The highest BCUT2D eigenvalue weighted by molar-refractivity contribution is 6.10. The average Bonchev–Trinajstić information content (AvgIpc) is 2.36. The lowest BCUT2D eigenvalue weighted by Gasteiger charge is -2.13. The molecule has 0 saturated carbocycles. The van der Waals surface area contributed by atoms with Crippen molar-refractivity contribution < 1.29 is 9.59 Å². The molecule has 1 N–H and O–H groups in total.